The van der Waals surface area contributed by atoms with Crippen LogP contribution in [-0.4, -0.2) is 10.9 Å². The van der Waals surface area contributed by atoms with Crippen LogP contribution in [0, 0.1) is 0 Å². The van der Waals surface area contributed by atoms with Crippen molar-refractivity contribution < 1.29 is 4.79 Å². The van der Waals surface area contributed by atoms with Gasteiger partial charge in [0.2, 0.25) is 0 Å². The highest BCUT2D eigenvalue weighted by molar-refractivity contribution is 6.39. The minimum absolute atomic E-state index is 0.114. The van der Waals surface area contributed by atoms with Crippen LogP contribution in [0.15, 0.2) is 12.4 Å². The molecule has 0 bridgehead atoms. The van der Waals surface area contributed by atoms with Crippen molar-refractivity contribution >= 4 is 29.1 Å². The van der Waals surface area contributed by atoms with E-state index in [9.17, 15) is 4.79 Å². The Morgan fingerprint density at radius 1 is 1.36 bits per heavy atom. The van der Waals surface area contributed by atoms with Crippen LogP contribution in [0.1, 0.15) is 10.4 Å². The van der Waals surface area contributed by atoms with Crippen LogP contribution in [0.25, 0.3) is 0 Å². The Balaban J connectivity index is 3.32. The molecule has 1 rings (SSSR count). The molecular formula is C6H4Cl2N2O. The van der Waals surface area contributed by atoms with E-state index in [2.05, 4.69) is 4.98 Å². The number of aromatic nitrogens is 1. The van der Waals surface area contributed by atoms with Crippen molar-refractivity contribution in [3.8, 4) is 0 Å². The van der Waals surface area contributed by atoms with Gasteiger partial charge in [0, 0.05) is 12.4 Å². The first kappa shape index (κ1) is 8.30. The molecule has 0 radical (unpaired) electrons. The fourth-order valence-electron chi connectivity index (χ4n) is 0.647. The van der Waals surface area contributed by atoms with E-state index in [4.69, 9.17) is 28.9 Å². The largest absolute Gasteiger partial charge is 0.366 e. The van der Waals surface area contributed by atoms with E-state index in [-0.39, 0.29) is 15.6 Å². The fourth-order valence-corrected chi connectivity index (χ4v) is 1.20. The normalized spacial score (nSPS) is 9.64. The zero-order valence-corrected chi connectivity index (χ0v) is 6.86. The molecule has 0 spiro atoms. The van der Waals surface area contributed by atoms with Gasteiger partial charge in [-0.1, -0.05) is 23.2 Å². The van der Waals surface area contributed by atoms with Crippen molar-refractivity contribution in [2.75, 3.05) is 0 Å². The highest BCUT2D eigenvalue weighted by atomic mass is 35.5. The highest BCUT2D eigenvalue weighted by Crippen LogP contribution is 2.21. The van der Waals surface area contributed by atoms with Crippen molar-refractivity contribution in [1.29, 1.82) is 0 Å². The molecule has 0 atom stereocenters. The van der Waals surface area contributed by atoms with Crippen molar-refractivity contribution in [3.63, 3.8) is 0 Å². The monoisotopic (exact) mass is 190 g/mol. The molecule has 1 heterocycles. The summed E-state index contributed by atoms with van der Waals surface area (Å²) in [6.07, 6.45) is 2.63. The van der Waals surface area contributed by atoms with Crippen LogP contribution in [0.3, 0.4) is 0 Å². The molecule has 0 aliphatic heterocycles. The molecule has 1 aromatic rings. The molecule has 5 heteroatoms. The van der Waals surface area contributed by atoms with Crippen molar-refractivity contribution in [3.05, 3.63) is 28.0 Å². The zero-order chi connectivity index (χ0) is 8.43. The molecule has 11 heavy (non-hydrogen) atoms. The molecule has 3 nitrogen and oxygen atoms in total. The maximum Gasteiger partial charge on any atom is 0.251 e. The minimum Gasteiger partial charge on any atom is -0.366 e. The SMILES string of the molecule is NC(=O)c1c(Cl)cncc1Cl. The summed E-state index contributed by atoms with van der Waals surface area (Å²) in [4.78, 5) is 14.3. The highest BCUT2D eigenvalue weighted by Gasteiger charge is 2.10. The zero-order valence-electron chi connectivity index (χ0n) is 5.34. The summed E-state index contributed by atoms with van der Waals surface area (Å²) in [5, 5.41) is 0.343. The van der Waals surface area contributed by atoms with Gasteiger partial charge in [0.15, 0.2) is 0 Å². The first-order valence-electron chi connectivity index (χ1n) is 2.71. The van der Waals surface area contributed by atoms with E-state index in [1.54, 1.807) is 0 Å². The Labute approximate surface area is 73.1 Å². The van der Waals surface area contributed by atoms with Crippen LogP contribution in [0.4, 0.5) is 0 Å². The van der Waals surface area contributed by atoms with Crippen LogP contribution >= 0.6 is 23.2 Å². The third-order valence-electron chi connectivity index (χ3n) is 1.10. The second kappa shape index (κ2) is 3.07. The number of rotatable bonds is 1. The molecule has 0 aliphatic rings. The summed E-state index contributed by atoms with van der Waals surface area (Å²) < 4.78 is 0. The van der Waals surface area contributed by atoms with Gasteiger partial charge < -0.3 is 5.73 Å². The molecular weight excluding hydrogens is 187 g/mol. The summed E-state index contributed by atoms with van der Waals surface area (Å²) in [5.41, 5.74) is 5.09. The predicted molar refractivity (Wildman–Crippen MR) is 42.8 cm³/mol. The van der Waals surface area contributed by atoms with Gasteiger partial charge in [-0.3, -0.25) is 9.78 Å². The Hall–Kier alpha value is -0.800. The number of pyridine rings is 1. The van der Waals surface area contributed by atoms with E-state index in [0.29, 0.717) is 0 Å². The lowest BCUT2D eigenvalue weighted by molar-refractivity contribution is 0.100. The second-order valence-electron chi connectivity index (χ2n) is 1.84. The van der Waals surface area contributed by atoms with E-state index in [1.165, 1.54) is 12.4 Å². The number of carbonyl (C=O) groups excluding carboxylic acids is 1. The van der Waals surface area contributed by atoms with Gasteiger partial charge in [-0.15, -0.1) is 0 Å². The van der Waals surface area contributed by atoms with Gasteiger partial charge in [-0.05, 0) is 0 Å². The number of carbonyl (C=O) groups is 1. The van der Waals surface area contributed by atoms with Gasteiger partial charge in [-0.25, -0.2) is 0 Å². The summed E-state index contributed by atoms with van der Waals surface area (Å²) >= 11 is 11.2. The van der Waals surface area contributed by atoms with Crippen molar-refractivity contribution in [1.82, 2.24) is 4.98 Å². The van der Waals surface area contributed by atoms with Crippen LogP contribution in [0.2, 0.25) is 10.0 Å². The molecule has 1 aromatic heterocycles. The lowest BCUT2D eigenvalue weighted by Crippen LogP contribution is -2.12. The number of nitrogens with two attached hydrogens (primary N) is 1. The average Bonchev–Trinajstić information content (AvgIpc) is 1.85. The Morgan fingerprint density at radius 2 is 1.82 bits per heavy atom. The number of hydrogen-bond donors (Lipinski definition) is 1. The van der Waals surface area contributed by atoms with Gasteiger partial charge in [0.1, 0.15) is 0 Å². The second-order valence-corrected chi connectivity index (χ2v) is 2.66. The summed E-state index contributed by atoms with van der Waals surface area (Å²) in [5.74, 6) is -0.651. The Morgan fingerprint density at radius 3 is 2.09 bits per heavy atom. The smallest absolute Gasteiger partial charge is 0.251 e. The third-order valence-corrected chi connectivity index (χ3v) is 1.67. The number of amides is 1. The lowest BCUT2D eigenvalue weighted by Gasteiger charge is -1.99. The minimum atomic E-state index is -0.651. The van der Waals surface area contributed by atoms with E-state index in [0.717, 1.165) is 0 Å². The van der Waals surface area contributed by atoms with Crippen LogP contribution < -0.4 is 5.73 Å². The van der Waals surface area contributed by atoms with Crippen molar-refractivity contribution in [2.24, 2.45) is 5.73 Å². The molecule has 1 amide bonds. The van der Waals surface area contributed by atoms with Crippen molar-refractivity contribution in [2.45, 2.75) is 0 Å². The number of nitrogens with zero attached hydrogens (tertiary/aromatic N) is 1. The van der Waals surface area contributed by atoms with Crippen LogP contribution in [-0.2, 0) is 0 Å². The number of halogens is 2. The Kier molecular flexibility index (Phi) is 2.31. The molecule has 58 valence electrons. The van der Waals surface area contributed by atoms with Gasteiger partial charge in [0.05, 0.1) is 15.6 Å². The molecule has 0 aromatic carbocycles. The third kappa shape index (κ3) is 1.61. The van der Waals surface area contributed by atoms with Gasteiger partial charge in [-0.2, -0.15) is 0 Å². The summed E-state index contributed by atoms with van der Waals surface area (Å²) in [7, 11) is 0. The van der Waals surface area contributed by atoms with E-state index >= 15 is 0 Å². The molecule has 0 saturated carbocycles. The van der Waals surface area contributed by atoms with Gasteiger partial charge >= 0.3 is 0 Å². The molecule has 0 unspecified atom stereocenters. The average molecular weight is 191 g/mol. The number of primary amides is 1. The first-order valence-corrected chi connectivity index (χ1v) is 3.47. The molecule has 0 saturated heterocycles. The summed E-state index contributed by atoms with van der Waals surface area (Å²) in [6, 6.07) is 0. The first-order chi connectivity index (χ1) is 5.13. The summed E-state index contributed by atoms with van der Waals surface area (Å²) in [6.45, 7) is 0. The van der Waals surface area contributed by atoms with Gasteiger partial charge in [0.25, 0.3) is 5.91 Å². The number of hydrogen-bond acceptors (Lipinski definition) is 2. The standard InChI is InChI=1S/C6H4Cl2N2O/c7-3-1-10-2-4(8)5(3)6(9)11/h1-2H,(H2,9,11). The molecule has 2 N–H and O–H groups in total. The van der Waals surface area contributed by atoms with Crippen LogP contribution in [0.5, 0.6) is 0 Å². The molecule has 0 aliphatic carbocycles. The van der Waals surface area contributed by atoms with E-state index < -0.39 is 5.91 Å². The topological polar surface area (TPSA) is 56.0 Å². The maximum absolute atomic E-state index is 10.7. The Bertz CT molecular complexity index is 280. The van der Waals surface area contributed by atoms with E-state index in [1.807, 2.05) is 0 Å². The molecule has 0 fully saturated rings. The predicted octanol–water partition coefficient (Wildman–Crippen LogP) is 1.49. The fraction of sp³-hybridized carbons (Fsp3) is 0. The lowest BCUT2D eigenvalue weighted by atomic mass is 10.2. The quantitative estimate of drug-likeness (QED) is 0.730. The maximum atomic E-state index is 10.7.